The van der Waals surface area contributed by atoms with Crippen molar-refractivity contribution in [2.45, 2.75) is 53.4 Å². The standard InChI is InChI=1S/C29H35N5O3/c1-5-7-15-34(16-8-6-2)24-13-14-25(28(36)18-24)31-33-27-17-20(3)26(19-29(27)37)32-30-23-11-9-22(10-12-23)21(4)35/h9-14,17-19,36-37H,5-8,15-16H2,1-4H3. The quantitative estimate of drug-likeness (QED) is 0.191. The topological polar surface area (TPSA) is 110 Å². The highest BCUT2D eigenvalue weighted by Gasteiger charge is 2.11. The van der Waals surface area contributed by atoms with E-state index in [2.05, 4.69) is 39.2 Å². The molecule has 37 heavy (non-hydrogen) atoms. The number of phenols is 2. The van der Waals surface area contributed by atoms with Crippen molar-refractivity contribution in [2.75, 3.05) is 18.0 Å². The van der Waals surface area contributed by atoms with Crippen LogP contribution in [0.5, 0.6) is 11.5 Å². The summed E-state index contributed by atoms with van der Waals surface area (Å²) >= 11 is 0. The lowest BCUT2D eigenvalue weighted by Gasteiger charge is -2.25. The molecule has 0 unspecified atom stereocenters. The number of nitrogens with zero attached hydrogens (tertiary/aromatic N) is 5. The Labute approximate surface area is 218 Å². The number of unbranched alkanes of at least 4 members (excludes halogenated alkanes) is 2. The fraction of sp³-hybridized carbons (Fsp3) is 0.345. The van der Waals surface area contributed by atoms with E-state index in [1.54, 1.807) is 42.5 Å². The smallest absolute Gasteiger partial charge is 0.159 e. The van der Waals surface area contributed by atoms with Crippen molar-refractivity contribution < 1.29 is 15.0 Å². The molecule has 8 nitrogen and oxygen atoms in total. The van der Waals surface area contributed by atoms with Crippen LogP contribution >= 0.6 is 0 Å². The van der Waals surface area contributed by atoms with E-state index in [1.165, 1.54) is 13.0 Å². The van der Waals surface area contributed by atoms with E-state index in [-0.39, 0.29) is 23.0 Å². The summed E-state index contributed by atoms with van der Waals surface area (Å²) in [5, 5.41) is 37.8. The Morgan fingerprint density at radius 1 is 0.757 bits per heavy atom. The van der Waals surface area contributed by atoms with Crippen LogP contribution in [0.4, 0.5) is 28.4 Å². The maximum absolute atomic E-state index is 11.4. The van der Waals surface area contributed by atoms with Gasteiger partial charge in [-0.2, -0.15) is 10.2 Å². The molecule has 0 amide bonds. The normalized spacial score (nSPS) is 11.5. The van der Waals surface area contributed by atoms with Crippen LogP contribution in [0.1, 0.15) is 62.4 Å². The van der Waals surface area contributed by atoms with Gasteiger partial charge >= 0.3 is 0 Å². The lowest BCUT2D eigenvalue weighted by atomic mass is 10.1. The number of azo groups is 2. The molecule has 0 atom stereocenters. The average molecular weight is 502 g/mol. The van der Waals surface area contributed by atoms with Crippen LogP contribution in [-0.2, 0) is 0 Å². The van der Waals surface area contributed by atoms with E-state index in [9.17, 15) is 15.0 Å². The van der Waals surface area contributed by atoms with E-state index in [4.69, 9.17) is 0 Å². The zero-order valence-corrected chi connectivity index (χ0v) is 22.0. The summed E-state index contributed by atoms with van der Waals surface area (Å²) in [5.74, 6) is -0.0764. The Morgan fingerprint density at radius 2 is 1.35 bits per heavy atom. The summed E-state index contributed by atoms with van der Waals surface area (Å²) in [7, 11) is 0. The van der Waals surface area contributed by atoms with Crippen LogP contribution in [0.3, 0.4) is 0 Å². The van der Waals surface area contributed by atoms with E-state index in [0.717, 1.165) is 50.0 Å². The number of hydrogen-bond acceptors (Lipinski definition) is 8. The summed E-state index contributed by atoms with van der Waals surface area (Å²) in [6.45, 7) is 9.56. The van der Waals surface area contributed by atoms with Gasteiger partial charge in [0, 0.05) is 36.5 Å². The predicted octanol–water partition coefficient (Wildman–Crippen LogP) is 8.85. The van der Waals surface area contributed by atoms with E-state index in [1.807, 2.05) is 13.0 Å². The minimum absolute atomic E-state index is 0.0146. The van der Waals surface area contributed by atoms with Crippen LogP contribution in [0.25, 0.3) is 0 Å². The van der Waals surface area contributed by atoms with Gasteiger partial charge in [-0.3, -0.25) is 4.79 Å². The number of carbonyl (C=O) groups excluding carboxylic acids is 1. The first-order chi connectivity index (χ1) is 17.8. The molecule has 8 heteroatoms. The van der Waals surface area contributed by atoms with Gasteiger partial charge in [0.1, 0.15) is 22.9 Å². The Morgan fingerprint density at radius 3 is 1.95 bits per heavy atom. The number of aromatic hydroxyl groups is 2. The first-order valence-electron chi connectivity index (χ1n) is 12.7. The van der Waals surface area contributed by atoms with E-state index in [0.29, 0.717) is 22.6 Å². The summed E-state index contributed by atoms with van der Waals surface area (Å²) in [6.07, 6.45) is 4.40. The molecule has 0 radical (unpaired) electrons. The van der Waals surface area contributed by atoms with Crippen molar-refractivity contribution in [3.8, 4) is 11.5 Å². The number of carbonyl (C=O) groups is 1. The second-order valence-corrected chi connectivity index (χ2v) is 9.00. The molecule has 2 N–H and O–H groups in total. The number of ketones is 1. The molecule has 0 spiro atoms. The zero-order chi connectivity index (χ0) is 26.8. The second kappa shape index (κ2) is 13.3. The van der Waals surface area contributed by atoms with Gasteiger partial charge in [0.15, 0.2) is 5.78 Å². The Balaban J connectivity index is 1.75. The van der Waals surface area contributed by atoms with Gasteiger partial charge in [0.2, 0.25) is 0 Å². The first-order valence-corrected chi connectivity index (χ1v) is 12.7. The Kier molecular flexibility index (Phi) is 9.89. The highest BCUT2D eigenvalue weighted by molar-refractivity contribution is 5.94. The molecule has 0 aromatic heterocycles. The Bertz CT molecular complexity index is 1260. The summed E-state index contributed by atoms with van der Waals surface area (Å²) in [6, 6.07) is 15.3. The summed E-state index contributed by atoms with van der Waals surface area (Å²) in [5.41, 5.74) is 3.98. The van der Waals surface area contributed by atoms with E-state index < -0.39 is 0 Å². The summed E-state index contributed by atoms with van der Waals surface area (Å²) < 4.78 is 0. The van der Waals surface area contributed by atoms with E-state index >= 15 is 0 Å². The monoisotopic (exact) mass is 501 g/mol. The third-order valence-electron chi connectivity index (χ3n) is 5.99. The van der Waals surface area contributed by atoms with Crippen LogP contribution in [-0.4, -0.2) is 29.1 Å². The molecule has 3 aromatic rings. The zero-order valence-electron chi connectivity index (χ0n) is 22.0. The molecule has 0 saturated carbocycles. The number of aryl methyl sites for hydroxylation is 1. The third kappa shape index (κ3) is 7.70. The maximum Gasteiger partial charge on any atom is 0.159 e. The summed E-state index contributed by atoms with van der Waals surface area (Å²) in [4.78, 5) is 13.7. The third-order valence-corrected chi connectivity index (χ3v) is 5.99. The van der Waals surface area contributed by atoms with Gasteiger partial charge in [0.05, 0.1) is 11.4 Å². The SMILES string of the molecule is CCCCN(CCCC)c1ccc(N=Nc2cc(C)c(N=Nc3ccc(C(C)=O)cc3)cc2O)c(O)c1. The van der Waals surface area contributed by atoms with Crippen LogP contribution < -0.4 is 4.90 Å². The van der Waals surface area contributed by atoms with Gasteiger partial charge in [-0.1, -0.05) is 26.7 Å². The molecule has 0 heterocycles. The van der Waals surface area contributed by atoms with Crippen molar-refractivity contribution in [1.29, 1.82) is 0 Å². The molecule has 0 aliphatic heterocycles. The lowest BCUT2D eigenvalue weighted by Crippen LogP contribution is -2.25. The molecule has 0 saturated heterocycles. The molecule has 0 aliphatic carbocycles. The highest BCUT2D eigenvalue weighted by Crippen LogP contribution is 2.37. The maximum atomic E-state index is 11.4. The molecule has 0 bridgehead atoms. The highest BCUT2D eigenvalue weighted by atomic mass is 16.3. The van der Waals surface area contributed by atoms with Gasteiger partial charge in [-0.05, 0) is 74.7 Å². The second-order valence-electron chi connectivity index (χ2n) is 9.00. The molecule has 0 fully saturated rings. The number of benzene rings is 3. The number of hydrogen-bond donors (Lipinski definition) is 2. The fourth-order valence-corrected chi connectivity index (χ4v) is 3.70. The largest absolute Gasteiger partial charge is 0.506 e. The van der Waals surface area contributed by atoms with Crippen LogP contribution in [0, 0.1) is 6.92 Å². The Hall–Kier alpha value is -4.07. The van der Waals surface area contributed by atoms with Gasteiger partial charge < -0.3 is 15.1 Å². The van der Waals surface area contributed by atoms with Crippen molar-refractivity contribution >= 4 is 34.2 Å². The van der Waals surface area contributed by atoms with Crippen molar-refractivity contribution in [3.63, 3.8) is 0 Å². The molecular weight excluding hydrogens is 466 g/mol. The minimum atomic E-state index is -0.100. The molecule has 0 aliphatic rings. The molecule has 3 rings (SSSR count). The average Bonchev–Trinajstić information content (AvgIpc) is 2.89. The van der Waals surface area contributed by atoms with Crippen molar-refractivity contribution in [3.05, 3.63) is 65.7 Å². The lowest BCUT2D eigenvalue weighted by molar-refractivity contribution is 0.101. The van der Waals surface area contributed by atoms with Crippen molar-refractivity contribution in [1.82, 2.24) is 0 Å². The minimum Gasteiger partial charge on any atom is -0.506 e. The number of rotatable bonds is 12. The number of anilines is 1. The number of Topliss-reactive ketones (excluding diaryl/α,β-unsaturated/α-hetero) is 1. The van der Waals surface area contributed by atoms with Gasteiger partial charge in [-0.25, -0.2) is 0 Å². The van der Waals surface area contributed by atoms with Crippen LogP contribution in [0.2, 0.25) is 0 Å². The fourth-order valence-electron chi connectivity index (χ4n) is 3.70. The van der Waals surface area contributed by atoms with Crippen LogP contribution in [0.15, 0.2) is 75.1 Å². The first kappa shape index (κ1) is 27.5. The van der Waals surface area contributed by atoms with Crippen molar-refractivity contribution in [2.24, 2.45) is 20.5 Å². The van der Waals surface area contributed by atoms with Gasteiger partial charge in [-0.15, -0.1) is 10.2 Å². The molecule has 3 aromatic carbocycles. The van der Waals surface area contributed by atoms with Gasteiger partial charge in [0.25, 0.3) is 0 Å². The molecular formula is C29H35N5O3. The number of phenolic OH excluding ortho intramolecular Hbond substituents is 2. The predicted molar refractivity (Wildman–Crippen MR) is 148 cm³/mol. The molecule has 194 valence electrons.